The van der Waals surface area contributed by atoms with Crippen molar-refractivity contribution in [3.05, 3.63) is 266 Å². The molecule has 14 aromatic rings. The number of hydrogen-bond acceptors (Lipinski definition) is 1. The summed E-state index contributed by atoms with van der Waals surface area (Å²) in [6.07, 6.45) is 8.20. The van der Waals surface area contributed by atoms with Gasteiger partial charge < -0.3 is 8.98 Å². The van der Waals surface area contributed by atoms with Crippen LogP contribution in [0.5, 0.6) is 0 Å². The Bertz CT molecular complexity index is 4590. The van der Waals surface area contributed by atoms with Crippen LogP contribution in [0.3, 0.4) is 0 Å². The van der Waals surface area contributed by atoms with Gasteiger partial charge in [-0.1, -0.05) is 218 Å². The second-order valence-corrected chi connectivity index (χ2v) is 19.4. The number of benzene rings is 12. The topological polar surface area (TPSA) is 18.1 Å². The summed E-state index contributed by atoms with van der Waals surface area (Å²) in [5.74, 6) is 0.188. The number of hydrogen-bond donors (Lipinski definition) is 0. The lowest BCUT2D eigenvalue weighted by molar-refractivity contribution is 0.670. The number of aromatic nitrogens is 1. The summed E-state index contributed by atoms with van der Waals surface area (Å²) in [6.45, 7) is 0. The molecule has 1 unspecified atom stereocenters. The summed E-state index contributed by atoms with van der Waals surface area (Å²) in [5.41, 5.74) is 16.4. The Labute approximate surface area is 416 Å². The van der Waals surface area contributed by atoms with Gasteiger partial charge in [0.25, 0.3) is 0 Å². The Kier molecular flexibility index (Phi) is 9.12. The predicted octanol–water partition coefficient (Wildman–Crippen LogP) is 19.4. The molecular formula is C70H45NO. The molecule has 0 radical (unpaired) electrons. The second-order valence-electron chi connectivity index (χ2n) is 19.4. The summed E-state index contributed by atoms with van der Waals surface area (Å²) in [5, 5.41) is 14.9. The van der Waals surface area contributed by atoms with Crippen molar-refractivity contribution in [3.8, 4) is 39.1 Å². The fourth-order valence-electron chi connectivity index (χ4n) is 12.2. The molecule has 12 aromatic carbocycles. The summed E-state index contributed by atoms with van der Waals surface area (Å²) >= 11 is 0. The van der Waals surface area contributed by atoms with Crippen molar-refractivity contribution in [3.63, 3.8) is 0 Å². The van der Waals surface area contributed by atoms with Crippen LogP contribution in [0.15, 0.2) is 259 Å². The van der Waals surface area contributed by atoms with Crippen molar-refractivity contribution in [2.75, 3.05) is 0 Å². The van der Waals surface area contributed by atoms with Crippen LogP contribution in [-0.2, 0) is 0 Å². The van der Waals surface area contributed by atoms with Crippen LogP contribution in [-0.4, -0.2) is 4.57 Å². The number of nitrogens with zero attached hydrogens (tertiary/aromatic N) is 1. The molecule has 0 saturated carbocycles. The van der Waals surface area contributed by atoms with E-state index in [1.807, 2.05) is 6.07 Å². The maximum atomic E-state index is 6.56. The Balaban J connectivity index is 0.930. The third-order valence-corrected chi connectivity index (χ3v) is 15.5. The number of rotatable bonds is 6. The number of furan rings is 1. The van der Waals surface area contributed by atoms with Gasteiger partial charge in [0.1, 0.15) is 11.2 Å². The first-order valence-corrected chi connectivity index (χ1v) is 25.1. The van der Waals surface area contributed by atoms with Gasteiger partial charge in [-0.3, -0.25) is 0 Å². The van der Waals surface area contributed by atoms with Gasteiger partial charge in [0.2, 0.25) is 0 Å². The molecule has 1 aliphatic carbocycles. The van der Waals surface area contributed by atoms with E-state index in [1.165, 1.54) is 104 Å². The lowest BCUT2D eigenvalue weighted by Gasteiger charge is -2.24. The number of para-hydroxylation sites is 3. The molecule has 0 amide bonds. The smallest absolute Gasteiger partial charge is 0.143 e. The minimum absolute atomic E-state index is 0.188. The maximum Gasteiger partial charge on any atom is 0.143 e. The molecule has 2 heterocycles. The summed E-state index contributed by atoms with van der Waals surface area (Å²) < 4.78 is 9.03. The van der Waals surface area contributed by atoms with Gasteiger partial charge in [-0.05, 0) is 130 Å². The van der Waals surface area contributed by atoms with E-state index in [4.69, 9.17) is 4.42 Å². The zero-order chi connectivity index (χ0) is 47.3. The normalized spacial score (nSPS) is 13.9. The molecule has 72 heavy (non-hydrogen) atoms. The van der Waals surface area contributed by atoms with Gasteiger partial charge in [0.15, 0.2) is 0 Å². The molecule has 0 N–H and O–H groups in total. The molecule has 2 nitrogen and oxygen atoms in total. The fraction of sp³-hybridized carbons (Fsp3) is 0.0286. The molecule has 336 valence electrons. The molecular weight excluding hydrogens is 871 g/mol. The Hall–Kier alpha value is -9.24. The lowest BCUT2D eigenvalue weighted by Crippen LogP contribution is -2.03. The monoisotopic (exact) mass is 915 g/mol. The van der Waals surface area contributed by atoms with Crippen LogP contribution in [0.1, 0.15) is 23.5 Å². The minimum Gasteiger partial charge on any atom is -0.455 e. The van der Waals surface area contributed by atoms with Crippen molar-refractivity contribution in [2.24, 2.45) is 0 Å². The highest BCUT2D eigenvalue weighted by atomic mass is 16.3. The van der Waals surface area contributed by atoms with Gasteiger partial charge in [0.05, 0.1) is 11.0 Å². The molecule has 15 rings (SSSR count). The van der Waals surface area contributed by atoms with E-state index >= 15 is 0 Å². The lowest BCUT2D eigenvalue weighted by atomic mass is 9.80. The molecule has 2 aromatic heterocycles. The van der Waals surface area contributed by atoms with Crippen LogP contribution in [0.4, 0.5) is 0 Å². The third-order valence-electron chi connectivity index (χ3n) is 15.5. The Morgan fingerprint density at radius 2 is 0.958 bits per heavy atom. The number of fused-ring (bicyclic) bond motifs is 10. The molecule has 1 aliphatic rings. The van der Waals surface area contributed by atoms with Gasteiger partial charge in [-0.2, -0.15) is 0 Å². The van der Waals surface area contributed by atoms with E-state index in [1.54, 1.807) is 0 Å². The van der Waals surface area contributed by atoms with E-state index in [9.17, 15) is 0 Å². The average molecular weight is 916 g/mol. The van der Waals surface area contributed by atoms with Crippen LogP contribution in [0, 0.1) is 0 Å². The largest absolute Gasteiger partial charge is 0.455 e. The van der Waals surface area contributed by atoms with E-state index in [0.717, 1.165) is 45.2 Å². The maximum absolute atomic E-state index is 6.56. The average Bonchev–Trinajstić information content (AvgIpc) is 4.00. The summed E-state index contributed by atoms with van der Waals surface area (Å²) in [4.78, 5) is 0. The predicted molar refractivity (Wildman–Crippen MR) is 305 cm³/mol. The van der Waals surface area contributed by atoms with Crippen LogP contribution in [0.2, 0.25) is 0 Å². The first-order chi connectivity index (χ1) is 35.7. The van der Waals surface area contributed by atoms with Gasteiger partial charge >= 0.3 is 0 Å². The first-order valence-electron chi connectivity index (χ1n) is 25.1. The summed E-state index contributed by atoms with van der Waals surface area (Å²) in [7, 11) is 0. The van der Waals surface area contributed by atoms with E-state index < -0.39 is 0 Å². The highest BCUT2D eigenvalue weighted by Crippen LogP contribution is 2.47. The van der Waals surface area contributed by atoms with E-state index in [-0.39, 0.29) is 5.92 Å². The van der Waals surface area contributed by atoms with Crippen LogP contribution in [0.25, 0.3) is 131 Å². The molecule has 0 bridgehead atoms. The Morgan fingerprint density at radius 3 is 1.75 bits per heavy atom. The number of allylic oxidation sites excluding steroid dienone is 4. The van der Waals surface area contributed by atoms with Gasteiger partial charge in [-0.15, -0.1) is 0 Å². The van der Waals surface area contributed by atoms with Crippen molar-refractivity contribution in [2.45, 2.75) is 12.3 Å². The second kappa shape index (κ2) is 16.2. The SMILES string of the molecule is C1=CC(c2c3ccccc3c(-c3ccc(-c4cccc5ccccc45)cc3)c3cc(-n4c5ccccc5c5cc(-c6cccc7c6oc6ccccc67)ccc54)ccc23)CC=C1c1cccc2ccccc12. The van der Waals surface area contributed by atoms with Gasteiger partial charge in [0, 0.05) is 38.7 Å². The van der Waals surface area contributed by atoms with Crippen molar-refractivity contribution >= 4 is 92.4 Å². The van der Waals surface area contributed by atoms with Crippen LogP contribution >= 0.6 is 0 Å². The van der Waals surface area contributed by atoms with Crippen molar-refractivity contribution in [1.29, 1.82) is 0 Å². The summed E-state index contributed by atoms with van der Waals surface area (Å²) in [6, 6.07) is 87.0. The minimum atomic E-state index is 0.188. The van der Waals surface area contributed by atoms with Crippen molar-refractivity contribution < 1.29 is 4.42 Å². The van der Waals surface area contributed by atoms with E-state index in [0.29, 0.717) is 0 Å². The zero-order valence-corrected chi connectivity index (χ0v) is 39.4. The fourth-order valence-corrected chi connectivity index (χ4v) is 12.2. The standard InChI is InChI=1S/C70H45NO/c1-3-18-52-44(14-1)16-11-24-54(52)46-30-34-48(35-31-46)68-59-22-5-6-23-60(59)69(49-36-32-47(33-37-49)55-25-12-17-45-15-2-4-19-53(45)55)64-43-51(39-40-61(64)68)71-65-28-9-7-20-57(65)63-42-50(38-41-66(63)71)56-26-13-27-62-58-21-8-10-29-67(58)72-70(56)62/h1-34,36-43,48H,35H2. The first kappa shape index (κ1) is 40.6. The molecule has 0 saturated heterocycles. The third kappa shape index (κ3) is 6.29. The van der Waals surface area contributed by atoms with Crippen LogP contribution < -0.4 is 0 Å². The highest BCUT2D eigenvalue weighted by molar-refractivity contribution is 6.18. The van der Waals surface area contributed by atoms with Gasteiger partial charge in [-0.25, -0.2) is 0 Å². The Morgan fingerprint density at radius 1 is 0.375 bits per heavy atom. The van der Waals surface area contributed by atoms with Crippen molar-refractivity contribution in [1.82, 2.24) is 4.57 Å². The highest BCUT2D eigenvalue weighted by Gasteiger charge is 2.24. The quantitative estimate of drug-likeness (QED) is 0.152. The molecule has 0 spiro atoms. The molecule has 2 heteroatoms. The molecule has 0 fully saturated rings. The van der Waals surface area contributed by atoms with E-state index in [2.05, 4.69) is 253 Å². The molecule has 0 aliphatic heterocycles. The molecule has 1 atom stereocenters. The zero-order valence-electron chi connectivity index (χ0n) is 39.4.